The van der Waals surface area contributed by atoms with Crippen molar-refractivity contribution in [1.82, 2.24) is 14.9 Å². The Morgan fingerprint density at radius 2 is 1.52 bits per heavy atom. The minimum absolute atomic E-state index is 0.190. The largest absolute Gasteiger partial charge is 0.424 e. The van der Waals surface area contributed by atoms with Gasteiger partial charge in [0, 0.05) is 38.6 Å². The molecule has 140 valence electrons. The van der Waals surface area contributed by atoms with Crippen molar-refractivity contribution in [3.63, 3.8) is 0 Å². The fourth-order valence-corrected chi connectivity index (χ4v) is 2.89. The van der Waals surface area contributed by atoms with E-state index in [2.05, 4.69) is 58.2 Å². The van der Waals surface area contributed by atoms with E-state index in [-0.39, 0.29) is 12.5 Å². The Labute approximate surface area is 160 Å². The standard InChI is InChI=1S/C22H25N3O2/c1-18(17-26)14-25(15-19-6-3-2-4-7-19)16-20-8-10-21(11-9-20)27-22-23-12-5-13-24-22/h2-13,18,26H,14-17H2,1H3/t18-/m0/s1. The fourth-order valence-electron chi connectivity index (χ4n) is 2.89. The summed E-state index contributed by atoms with van der Waals surface area (Å²) in [6, 6.07) is 20.5. The number of hydrogen-bond donors (Lipinski definition) is 1. The van der Waals surface area contributed by atoms with Gasteiger partial charge in [-0.2, -0.15) is 0 Å². The first kappa shape index (κ1) is 19.0. The lowest BCUT2D eigenvalue weighted by Gasteiger charge is -2.25. The first-order valence-corrected chi connectivity index (χ1v) is 9.14. The van der Waals surface area contributed by atoms with Crippen LogP contribution in [0.1, 0.15) is 18.1 Å². The Bertz CT molecular complexity index is 795. The molecular formula is C22H25N3O2. The van der Waals surface area contributed by atoms with Crippen molar-refractivity contribution in [2.45, 2.75) is 20.0 Å². The van der Waals surface area contributed by atoms with Gasteiger partial charge in [0.2, 0.25) is 0 Å². The lowest BCUT2D eigenvalue weighted by atomic mass is 10.1. The highest BCUT2D eigenvalue weighted by molar-refractivity contribution is 5.29. The normalized spacial score (nSPS) is 12.1. The Hall–Kier alpha value is -2.76. The summed E-state index contributed by atoms with van der Waals surface area (Å²) in [4.78, 5) is 10.5. The Balaban J connectivity index is 1.65. The van der Waals surface area contributed by atoms with Crippen LogP contribution in [0.25, 0.3) is 0 Å². The van der Waals surface area contributed by atoms with Crippen molar-refractivity contribution < 1.29 is 9.84 Å². The van der Waals surface area contributed by atoms with Crippen molar-refractivity contribution in [1.29, 1.82) is 0 Å². The van der Waals surface area contributed by atoms with E-state index in [1.165, 1.54) is 11.1 Å². The number of nitrogens with zero attached hydrogens (tertiary/aromatic N) is 3. The topological polar surface area (TPSA) is 58.5 Å². The van der Waals surface area contributed by atoms with Crippen LogP contribution in [0, 0.1) is 5.92 Å². The molecule has 5 heteroatoms. The summed E-state index contributed by atoms with van der Waals surface area (Å²) in [6.45, 7) is 4.74. The monoisotopic (exact) mass is 363 g/mol. The average molecular weight is 363 g/mol. The number of hydrogen-bond acceptors (Lipinski definition) is 5. The van der Waals surface area contributed by atoms with Crippen LogP contribution in [0.2, 0.25) is 0 Å². The molecule has 0 aliphatic heterocycles. The van der Waals surface area contributed by atoms with Crippen molar-refractivity contribution >= 4 is 0 Å². The van der Waals surface area contributed by atoms with Gasteiger partial charge in [0.1, 0.15) is 5.75 Å². The molecule has 0 unspecified atom stereocenters. The molecule has 1 aromatic heterocycles. The molecule has 0 aliphatic rings. The number of aliphatic hydroxyl groups is 1. The third-order valence-electron chi connectivity index (χ3n) is 4.21. The summed E-state index contributed by atoms with van der Waals surface area (Å²) in [6.07, 6.45) is 3.31. The third-order valence-corrected chi connectivity index (χ3v) is 4.21. The van der Waals surface area contributed by atoms with Gasteiger partial charge in [-0.15, -0.1) is 0 Å². The van der Waals surface area contributed by atoms with E-state index in [4.69, 9.17) is 4.74 Å². The number of rotatable bonds is 9. The molecule has 0 aliphatic carbocycles. The number of benzene rings is 2. The van der Waals surface area contributed by atoms with Crippen LogP contribution in [0.5, 0.6) is 11.8 Å². The van der Waals surface area contributed by atoms with Crippen LogP contribution >= 0.6 is 0 Å². The van der Waals surface area contributed by atoms with Gasteiger partial charge in [-0.3, -0.25) is 4.90 Å². The Kier molecular flexibility index (Phi) is 6.90. The van der Waals surface area contributed by atoms with Gasteiger partial charge in [0.15, 0.2) is 0 Å². The molecule has 27 heavy (non-hydrogen) atoms. The molecule has 0 spiro atoms. The Morgan fingerprint density at radius 3 is 2.15 bits per heavy atom. The van der Waals surface area contributed by atoms with Gasteiger partial charge in [-0.1, -0.05) is 49.4 Å². The van der Waals surface area contributed by atoms with Crippen LogP contribution in [0.4, 0.5) is 0 Å². The molecule has 0 radical (unpaired) electrons. The highest BCUT2D eigenvalue weighted by Gasteiger charge is 2.11. The average Bonchev–Trinajstić information content (AvgIpc) is 2.71. The second kappa shape index (κ2) is 9.80. The van der Waals surface area contributed by atoms with Gasteiger partial charge in [-0.05, 0) is 35.2 Å². The lowest BCUT2D eigenvalue weighted by molar-refractivity contribution is 0.163. The molecule has 0 bridgehead atoms. The summed E-state index contributed by atoms with van der Waals surface area (Å²) >= 11 is 0. The van der Waals surface area contributed by atoms with Crippen molar-refractivity contribution in [2.24, 2.45) is 5.92 Å². The maximum absolute atomic E-state index is 9.44. The summed E-state index contributed by atoms with van der Waals surface area (Å²) in [5.74, 6) is 0.940. The number of aromatic nitrogens is 2. The van der Waals surface area contributed by atoms with Crippen LogP contribution in [-0.2, 0) is 13.1 Å². The predicted octanol–water partition coefficient (Wildman–Crippen LogP) is 3.90. The summed E-state index contributed by atoms with van der Waals surface area (Å²) in [5.41, 5.74) is 2.46. The van der Waals surface area contributed by atoms with Crippen LogP contribution < -0.4 is 4.74 Å². The van der Waals surface area contributed by atoms with Gasteiger partial charge < -0.3 is 9.84 Å². The van der Waals surface area contributed by atoms with Crippen LogP contribution in [0.3, 0.4) is 0 Å². The van der Waals surface area contributed by atoms with E-state index < -0.39 is 0 Å². The molecule has 0 saturated heterocycles. The van der Waals surface area contributed by atoms with Crippen LogP contribution in [-0.4, -0.2) is 33.1 Å². The second-order valence-electron chi connectivity index (χ2n) is 6.72. The molecule has 0 fully saturated rings. The zero-order valence-corrected chi connectivity index (χ0v) is 15.5. The number of aliphatic hydroxyl groups excluding tert-OH is 1. The maximum Gasteiger partial charge on any atom is 0.321 e. The van der Waals surface area contributed by atoms with E-state index >= 15 is 0 Å². The first-order chi connectivity index (χ1) is 13.2. The number of ether oxygens (including phenoxy) is 1. The highest BCUT2D eigenvalue weighted by atomic mass is 16.5. The smallest absolute Gasteiger partial charge is 0.321 e. The minimum Gasteiger partial charge on any atom is -0.424 e. The van der Waals surface area contributed by atoms with Crippen LogP contribution in [0.15, 0.2) is 73.1 Å². The van der Waals surface area contributed by atoms with E-state index in [0.717, 1.165) is 19.6 Å². The molecule has 2 aromatic carbocycles. The van der Waals surface area contributed by atoms with Gasteiger partial charge in [0.05, 0.1) is 0 Å². The summed E-state index contributed by atoms with van der Waals surface area (Å²) < 4.78 is 5.65. The fraction of sp³-hybridized carbons (Fsp3) is 0.273. The molecular weight excluding hydrogens is 338 g/mol. The van der Waals surface area contributed by atoms with E-state index in [1.807, 2.05) is 18.2 Å². The van der Waals surface area contributed by atoms with Gasteiger partial charge >= 0.3 is 6.01 Å². The Morgan fingerprint density at radius 1 is 0.889 bits per heavy atom. The molecule has 3 aromatic rings. The zero-order chi connectivity index (χ0) is 18.9. The third kappa shape index (κ3) is 6.16. The maximum atomic E-state index is 9.44. The van der Waals surface area contributed by atoms with Crippen molar-refractivity contribution in [3.8, 4) is 11.8 Å². The highest BCUT2D eigenvalue weighted by Crippen LogP contribution is 2.19. The lowest BCUT2D eigenvalue weighted by Crippen LogP contribution is -2.29. The summed E-state index contributed by atoms with van der Waals surface area (Å²) in [7, 11) is 0. The summed E-state index contributed by atoms with van der Waals surface area (Å²) in [5, 5.41) is 9.44. The molecule has 1 heterocycles. The van der Waals surface area contributed by atoms with Gasteiger partial charge in [0.25, 0.3) is 0 Å². The van der Waals surface area contributed by atoms with Crippen molar-refractivity contribution in [3.05, 3.63) is 84.2 Å². The van der Waals surface area contributed by atoms with Crippen molar-refractivity contribution in [2.75, 3.05) is 13.2 Å². The molecule has 0 saturated carbocycles. The predicted molar refractivity (Wildman–Crippen MR) is 105 cm³/mol. The van der Waals surface area contributed by atoms with Gasteiger partial charge in [-0.25, -0.2) is 9.97 Å². The second-order valence-corrected chi connectivity index (χ2v) is 6.72. The van der Waals surface area contributed by atoms with E-state index in [1.54, 1.807) is 18.5 Å². The molecule has 3 rings (SSSR count). The molecule has 1 atom stereocenters. The molecule has 0 amide bonds. The minimum atomic E-state index is 0.190. The quantitative estimate of drug-likeness (QED) is 0.625. The molecule has 1 N–H and O–H groups in total. The van der Waals surface area contributed by atoms with E-state index in [0.29, 0.717) is 11.8 Å². The first-order valence-electron chi connectivity index (χ1n) is 9.14. The zero-order valence-electron chi connectivity index (χ0n) is 15.5. The molecule has 5 nitrogen and oxygen atoms in total. The SMILES string of the molecule is C[C@H](CO)CN(Cc1ccccc1)Cc1ccc(Oc2ncccn2)cc1. The van der Waals surface area contributed by atoms with E-state index in [9.17, 15) is 5.11 Å².